The lowest BCUT2D eigenvalue weighted by Crippen LogP contribution is -2.15. The number of hydrogen-bond acceptors (Lipinski definition) is 1. The minimum Gasteiger partial charge on any atom is -0.381 e. The van der Waals surface area contributed by atoms with Gasteiger partial charge in [-0.05, 0) is 57.3 Å². The van der Waals surface area contributed by atoms with E-state index in [2.05, 4.69) is 51.0 Å². The van der Waals surface area contributed by atoms with Crippen molar-refractivity contribution >= 4 is 49.1 Å². The summed E-state index contributed by atoms with van der Waals surface area (Å²) in [7, 11) is 0. The molecule has 102 valence electrons. The van der Waals surface area contributed by atoms with E-state index in [1.54, 1.807) is 0 Å². The molecule has 1 aromatic carbocycles. The second-order valence-corrected chi connectivity index (χ2v) is 6.78. The van der Waals surface area contributed by atoms with Crippen molar-refractivity contribution in [3.63, 3.8) is 0 Å². The van der Waals surface area contributed by atoms with Gasteiger partial charge < -0.3 is 5.32 Å². The van der Waals surface area contributed by atoms with Gasteiger partial charge in [0.25, 0.3) is 0 Å². The highest BCUT2D eigenvalue weighted by atomic mass is 79.9. The standard InChI is InChI=1S/C14H20Br2ClN/c1-3-4-5-6-7-10(2)18-14-12(15)8-11(17)9-13(14)16/h8-10,18H,3-7H2,1-2H3. The van der Waals surface area contributed by atoms with Gasteiger partial charge in [-0.3, -0.25) is 0 Å². The summed E-state index contributed by atoms with van der Waals surface area (Å²) >= 11 is 13.1. The average molecular weight is 398 g/mol. The van der Waals surface area contributed by atoms with Crippen molar-refractivity contribution in [3.8, 4) is 0 Å². The first kappa shape index (κ1) is 16.3. The molecule has 0 aliphatic rings. The number of unbranched alkanes of at least 4 members (excludes halogenated alkanes) is 3. The van der Waals surface area contributed by atoms with E-state index in [0.717, 1.165) is 19.7 Å². The second-order valence-electron chi connectivity index (χ2n) is 4.64. The molecule has 0 fully saturated rings. The van der Waals surface area contributed by atoms with Crippen LogP contribution in [0.4, 0.5) is 5.69 Å². The van der Waals surface area contributed by atoms with Crippen LogP contribution in [0.3, 0.4) is 0 Å². The molecule has 1 rings (SSSR count). The molecule has 1 unspecified atom stereocenters. The third kappa shape index (κ3) is 5.50. The highest BCUT2D eigenvalue weighted by Gasteiger charge is 2.09. The molecule has 0 aliphatic carbocycles. The van der Waals surface area contributed by atoms with E-state index in [-0.39, 0.29) is 0 Å². The molecule has 0 aliphatic heterocycles. The summed E-state index contributed by atoms with van der Waals surface area (Å²) in [6.45, 7) is 4.46. The predicted octanol–water partition coefficient (Wildman–Crippen LogP) is 6.64. The molecule has 18 heavy (non-hydrogen) atoms. The van der Waals surface area contributed by atoms with Crippen molar-refractivity contribution in [2.24, 2.45) is 0 Å². The summed E-state index contributed by atoms with van der Waals surface area (Å²) in [6.07, 6.45) is 6.43. The molecule has 1 atom stereocenters. The zero-order valence-electron chi connectivity index (χ0n) is 10.9. The van der Waals surface area contributed by atoms with Gasteiger partial charge in [0, 0.05) is 20.0 Å². The van der Waals surface area contributed by atoms with Gasteiger partial charge in [-0.25, -0.2) is 0 Å². The van der Waals surface area contributed by atoms with E-state index in [0.29, 0.717) is 6.04 Å². The van der Waals surface area contributed by atoms with Crippen molar-refractivity contribution in [1.29, 1.82) is 0 Å². The van der Waals surface area contributed by atoms with Crippen LogP contribution >= 0.6 is 43.5 Å². The highest BCUT2D eigenvalue weighted by molar-refractivity contribution is 9.11. The Morgan fingerprint density at radius 2 is 1.78 bits per heavy atom. The number of halogens is 3. The third-order valence-electron chi connectivity index (χ3n) is 2.89. The summed E-state index contributed by atoms with van der Waals surface area (Å²) in [4.78, 5) is 0. The molecule has 0 bridgehead atoms. The molecule has 0 saturated heterocycles. The summed E-state index contributed by atoms with van der Waals surface area (Å²) in [6, 6.07) is 4.30. The van der Waals surface area contributed by atoms with Crippen LogP contribution < -0.4 is 5.32 Å². The van der Waals surface area contributed by atoms with Crippen LogP contribution in [0.5, 0.6) is 0 Å². The first-order valence-electron chi connectivity index (χ1n) is 6.45. The lowest BCUT2D eigenvalue weighted by molar-refractivity contribution is 0.594. The van der Waals surface area contributed by atoms with Crippen LogP contribution in [0.2, 0.25) is 5.02 Å². The van der Waals surface area contributed by atoms with Crippen molar-refractivity contribution in [1.82, 2.24) is 0 Å². The summed E-state index contributed by atoms with van der Waals surface area (Å²) in [5.74, 6) is 0. The van der Waals surface area contributed by atoms with Crippen molar-refractivity contribution < 1.29 is 0 Å². The normalized spacial score (nSPS) is 12.5. The fraction of sp³-hybridized carbons (Fsp3) is 0.571. The third-order valence-corrected chi connectivity index (χ3v) is 4.36. The first-order chi connectivity index (χ1) is 8.54. The molecule has 1 nitrogen and oxygen atoms in total. The SMILES string of the molecule is CCCCCCC(C)Nc1c(Br)cc(Cl)cc1Br. The molecule has 0 saturated carbocycles. The monoisotopic (exact) mass is 395 g/mol. The van der Waals surface area contributed by atoms with E-state index < -0.39 is 0 Å². The Balaban J connectivity index is 2.51. The van der Waals surface area contributed by atoms with Crippen molar-refractivity contribution in [2.45, 2.75) is 52.0 Å². The zero-order valence-corrected chi connectivity index (χ0v) is 14.8. The Hall–Kier alpha value is 0.270. The highest BCUT2D eigenvalue weighted by Crippen LogP contribution is 2.34. The largest absolute Gasteiger partial charge is 0.381 e. The molecule has 0 radical (unpaired) electrons. The summed E-state index contributed by atoms with van der Waals surface area (Å²) in [5, 5.41) is 4.26. The fourth-order valence-electron chi connectivity index (χ4n) is 1.88. The Kier molecular flexibility index (Phi) is 7.66. The molecule has 0 spiro atoms. The fourth-order valence-corrected chi connectivity index (χ4v) is 3.77. The van der Waals surface area contributed by atoms with Crippen LogP contribution in [0.15, 0.2) is 21.1 Å². The van der Waals surface area contributed by atoms with Gasteiger partial charge in [0.15, 0.2) is 0 Å². The topological polar surface area (TPSA) is 12.0 Å². The predicted molar refractivity (Wildman–Crippen MR) is 88.7 cm³/mol. The van der Waals surface area contributed by atoms with E-state index in [9.17, 15) is 0 Å². The number of benzene rings is 1. The Morgan fingerprint density at radius 3 is 2.33 bits per heavy atom. The molecular formula is C14H20Br2ClN. The van der Waals surface area contributed by atoms with E-state index >= 15 is 0 Å². The van der Waals surface area contributed by atoms with Gasteiger partial charge in [-0.2, -0.15) is 0 Å². The van der Waals surface area contributed by atoms with Crippen LogP contribution in [0.1, 0.15) is 46.0 Å². The smallest absolute Gasteiger partial charge is 0.0632 e. The van der Waals surface area contributed by atoms with Crippen LogP contribution in [0.25, 0.3) is 0 Å². The van der Waals surface area contributed by atoms with Gasteiger partial charge in [-0.15, -0.1) is 0 Å². The zero-order chi connectivity index (χ0) is 13.5. The Bertz CT molecular complexity index is 359. The maximum Gasteiger partial charge on any atom is 0.0632 e. The van der Waals surface area contributed by atoms with E-state index in [1.165, 1.54) is 32.1 Å². The lowest BCUT2D eigenvalue weighted by Gasteiger charge is -2.18. The van der Waals surface area contributed by atoms with Gasteiger partial charge >= 0.3 is 0 Å². The number of anilines is 1. The number of rotatable bonds is 7. The van der Waals surface area contributed by atoms with Crippen LogP contribution in [-0.2, 0) is 0 Å². The van der Waals surface area contributed by atoms with E-state index in [4.69, 9.17) is 11.6 Å². The molecule has 0 heterocycles. The molecule has 0 amide bonds. The molecule has 1 N–H and O–H groups in total. The van der Waals surface area contributed by atoms with Gasteiger partial charge in [0.05, 0.1) is 5.69 Å². The van der Waals surface area contributed by atoms with Gasteiger partial charge in [0.1, 0.15) is 0 Å². The summed E-state index contributed by atoms with van der Waals surface area (Å²) < 4.78 is 2.00. The lowest BCUT2D eigenvalue weighted by atomic mass is 10.1. The summed E-state index contributed by atoms with van der Waals surface area (Å²) in [5.41, 5.74) is 1.09. The minimum atomic E-state index is 0.468. The maximum atomic E-state index is 5.99. The van der Waals surface area contributed by atoms with Crippen molar-refractivity contribution in [2.75, 3.05) is 5.32 Å². The number of nitrogens with one attached hydrogen (secondary N) is 1. The minimum absolute atomic E-state index is 0.468. The Morgan fingerprint density at radius 1 is 1.17 bits per heavy atom. The van der Waals surface area contributed by atoms with Gasteiger partial charge in [0.2, 0.25) is 0 Å². The van der Waals surface area contributed by atoms with E-state index in [1.807, 2.05) is 12.1 Å². The average Bonchev–Trinajstić information content (AvgIpc) is 2.29. The molecule has 4 heteroatoms. The number of hydrogen-bond donors (Lipinski definition) is 1. The molecule has 0 aromatic heterocycles. The second kappa shape index (κ2) is 8.44. The Labute approximate surface area is 132 Å². The van der Waals surface area contributed by atoms with Crippen LogP contribution in [-0.4, -0.2) is 6.04 Å². The quantitative estimate of drug-likeness (QED) is 0.509. The van der Waals surface area contributed by atoms with Crippen molar-refractivity contribution in [3.05, 3.63) is 26.1 Å². The maximum absolute atomic E-state index is 5.99. The van der Waals surface area contributed by atoms with Gasteiger partial charge in [-0.1, -0.05) is 44.2 Å². The molecule has 1 aromatic rings. The van der Waals surface area contributed by atoms with Crippen LogP contribution in [0, 0.1) is 0 Å². The molecular weight excluding hydrogens is 377 g/mol. The first-order valence-corrected chi connectivity index (χ1v) is 8.42.